The van der Waals surface area contributed by atoms with Crippen molar-refractivity contribution in [1.82, 2.24) is 0 Å². The minimum Gasteiger partial charge on any atom is -0.497 e. The summed E-state index contributed by atoms with van der Waals surface area (Å²) in [6.07, 6.45) is 5.76. The van der Waals surface area contributed by atoms with Gasteiger partial charge in [-0.15, -0.1) is 0 Å². The van der Waals surface area contributed by atoms with Gasteiger partial charge in [0.25, 0.3) is 0 Å². The number of benzene rings is 1. The van der Waals surface area contributed by atoms with Crippen LogP contribution in [0.3, 0.4) is 0 Å². The molecular formula is C20H34N2O2+2. The third-order valence-corrected chi connectivity index (χ3v) is 6.06. The molecular weight excluding hydrogens is 300 g/mol. The fourth-order valence-electron chi connectivity index (χ4n) is 4.44. The molecule has 4 nitrogen and oxygen atoms in total. The molecule has 1 saturated heterocycles. The maximum Gasteiger partial charge on any atom is 0.127 e. The van der Waals surface area contributed by atoms with Crippen LogP contribution in [0.4, 0.5) is 0 Å². The van der Waals surface area contributed by atoms with E-state index in [0.717, 1.165) is 30.0 Å². The Morgan fingerprint density at radius 1 is 0.875 bits per heavy atom. The first-order valence-corrected chi connectivity index (χ1v) is 9.58. The first-order chi connectivity index (χ1) is 11.7. The molecule has 134 valence electrons. The van der Waals surface area contributed by atoms with Gasteiger partial charge in [0.05, 0.1) is 20.3 Å². The summed E-state index contributed by atoms with van der Waals surface area (Å²) in [5.74, 6) is 2.74. The minimum absolute atomic E-state index is 0.893. The van der Waals surface area contributed by atoms with Gasteiger partial charge in [-0.1, -0.05) is 6.92 Å². The lowest BCUT2D eigenvalue weighted by Gasteiger charge is -2.37. The SMILES string of the molecule is COc1cc(C[NH+]2CC[NH+](C3CCC(C)CC3)CC2)cc(OC)c1. The first kappa shape index (κ1) is 17.6. The largest absolute Gasteiger partial charge is 0.497 e. The van der Waals surface area contributed by atoms with Gasteiger partial charge in [-0.05, 0) is 43.7 Å². The van der Waals surface area contributed by atoms with Crippen molar-refractivity contribution in [3.8, 4) is 11.5 Å². The van der Waals surface area contributed by atoms with Crippen molar-refractivity contribution in [2.45, 2.75) is 45.2 Å². The summed E-state index contributed by atoms with van der Waals surface area (Å²) >= 11 is 0. The molecule has 1 aromatic rings. The van der Waals surface area contributed by atoms with Crippen LogP contribution in [0.25, 0.3) is 0 Å². The van der Waals surface area contributed by atoms with Crippen molar-refractivity contribution in [1.29, 1.82) is 0 Å². The summed E-state index contributed by atoms with van der Waals surface area (Å²) in [6, 6.07) is 7.18. The second-order valence-corrected chi connectivity index (χ2v) is 7.76. The van der Waals surface area contributed by atoms with Crippen LogP contribution >= 0.6 is 0 Å². The molecule has 0 radical (unpaired) electrons. The third kappa shape index (κ3) is 4.42. The second kappa shape index (κ2) is 8.21. The molecule has 0 unspecified atom stereocenters. The predicted molar refractivity (Wildman–Crippen MR) is 96.1 cm³/mol. The normalized spacial score (nSPS) is 30.8. The molecule has 24 heavy (non-hydrogen) atoms. The van der Waals surface area contributed by atoms with Gasteiger partial charge in [-0.3, -0.25) is 0 Å². The molecule has 1 aromatic carbocycles. The monoisotopic (exact) mass is 334 g/mol. The zero-order valence-electron chi connectivity index (χ0n) is 15.6. The number of piperazine rings is 1. The Hall–Kier alpha value is -1.26. The first-order valence-electron chi connectivity index (χ1n) is 9.58. The molecule has 1 aliphatic carbocycles. The van der Waals surface area contributed by atoms with Gasteiger partial charge < -0.3 is 19.3 Å². The Kier molecular flexibility index (Phi) is 6.01. The predicted octanol–water partition coefficient (Wildman–Crippen LogP) is 0.566. The van der Waals surface area contributed by atoms with Crippen LogP contribution < -0.4 is 19.3 Å². The zero-order valence-corrected chi connectivity index (χ0v) is 15.6. The Labute approximate surface area is 146 Å². The maximum absolute atomic E-state index is 5.40. The van der Waals surface area contributed by atoms with E-state index in [0.29, 0.717) is 0 Å². The van der Waals surface area contributed by atoms with Crippen molar-refractivity contribution in [3.05, 3.63) is 23.8 Å². The van der Waals surface area contributed by atoms with E-state index in [1.54, 1.807) is 19.1 Å². The molecule has 0 amide bonds. The van der Waals surface area contributed by atoms with E-state index in [4.69, 9.17) is 9.47 Å². The van der Waals surface area contributed by atoms with Gasteiger partial charge in [0.15, 0.2) is 0 Å². The molecule has 1 saturated carbocycles. The van der Waals surface area contributed by atoms with E-state index in [-0.39, 0.29) is 0 Å². The van der Waals surface area contributed by atoms with Crippen LogP contribution in [0.1, 0.15) is 38.2 Å². The average molecular weight is 335 g/mol. The van der Waals surface area contributed by atoms with Gasteiger partial charge in [0.1, 0.15) is 44.2 Å². The van der Waals surface area contributed by atoms with E-state index in [9.17, 15) is 0 Å². The average Bonchev–Trinajstić information content (AvgIpc) is 2.62. The van der Waals surface area contributed by atoms with Gasteiger partial charge in [0.2, 0.25) is 0 Å². The smallest absolute Gasteiger partial charge is 0.127 e. The van der Waals surface area contributed by atoms with Crippen LogP contribution in [0.5, 0.6) is 11.5 Å². The van der Waals surface area contributed by atoms with E-state index in [2.05, 4.69) is 19.1 Å². The van der Waals surface area contributed by atoms with Gasteiger partial charge in [-0.2, -0.15) is 0 Å². The maximum atomic E-state index is 5.40. The number of hydrogen-bond donors (Lipinski definition) is 2. The standard InChI is InChI=1S/C20H32N2O2/c1-16-4-6-18(7-5-16)22-10-8-21(9-11-22)15-17-12-19(23-2)14-20(13-17)24-3/h12-14,16,18H,4-11,15H2,1-3H3/p+2. The van der Waals surface area contributed by atoms with Crippen molar-refractivity contribution < 1.29 is 19.3 Å². The van der Waals surface area contributed by atoms with Gasteiger partial charge in [0, 0.05) is 11.6 Å². The number of rotatable bonds is 5. The summed E-state index contributed by atoms with van der Waals surface area (Å²) in [5.41, 5.74) is 1.32. The van der Waals surface area contributed by atoms with Crippen LogP contribution in [-0.2, 0) is 6.54 Å². The minimum atomic E-state index is 0.893. The molecule has 2 N–H and O–H groups in total. The Balaban J connectivity index is 1.52. The highest BCUT2D eigenvalue weighted by Gasteiger charge is 2.31. The van der Waals surface area contributed by atoms with E-state index in [1.807, 2.05) is 11.0 Å². The number of ether oxygens (including phenoxy) is 2. The number of nitrogens with one attached hydrogen (secondary N) is 2. The molecule has 4 heteroatoms. The number of hydrogen-bond acceptors (Lipinski definition) is 2. The van der Waals surface area contributed by atoms with Gasteiger partial charge in [-0.25, -0.2) is 0 Å². The lowest BCUT2D eigenvalue weighted by atomic mass is 9.86. The summed E-state index contributed by atoms with van der Waals surface area (Å²) < 4.78 is 10.8. The van der Waals surface area contributed by atoms with Crippen molar-refractivity contribution in [3.63, 3.8) is 0 Å². The molecule has 2 fully saturated rings. The lowest BCUT2D eigenvalue weighted by Crippen LogP contribution is -3.29. The van der Waals surface area contributed by atoms with E-state index in [1.165, 1.54) is 57.4 Å². The number of methoxy groups -OCH3 is 2. The Morgan fingerprint density at radius 2 is 1.46 bits per heavy atom. The Morgan fingerprint density at radius 3 is 2.00 bits per heavy atom. The fourth-order valence-corrected chi connectivity index (χ4v) is 4.44. The lowest BCUT2D eigenvalue weighted by molar-refractivity contribution is -1.03. The van der Waals surface area contributed by atoms with Crippen LogP contribution in [-0.4, -0.2) is 46.4 Å². The molecule has 1 aliphatic heterocycles. The summed E-state index contributed by atoms with van der Waals surface area (Å²) in [6.45, 7) is 8.70. The molecule has 1 heterocycles. The zero-order chi connectivity index (χ0) is 16.9. The quantitative estimate of drug-likeness (QED) is 0.824. The summed E-state index contributed by atoms with van der Waals surface area (Å²) in [5, 5.41) is 0. The summed E-state index contributed by atoms with van der Waals surface area (Å²) in [7, 11) is 3.44. The van der Waals surface area contributed by atoms with Crippen molar-refractivity contribution >= 4 is 0 Å². The van der Waals surface area contributed by atoms with Crippen LogP contribution in [0.2, 0.25) is 0 Å². The molecule has 0 bridgehead atoms. The molecule has 3 rings (SSSR count). The highest BCUT2D eigenvalue weighted by molar-refractivity contribution is 5.38. The fraction of sp³-hybridized carbons (Fsp3) is 0.700. The molecule has 2 aliphatic rings. The molecule has 0 atom stereocenters. The van der Waals surface area contributed by atoms with E-state index >= 15 is 0 Å². The molecule has 0 spiro atoms. The summed E-state index contributed by atoms with van der Waals surface area (Å²) in [4.78, 5) is 3.56. The highest BCUT2D eigenvalue weighted by Crippen LogP contribution is 2.22. The third-order valence-electron chi connectivity index (χ3n) is 6.06. The van der Waals surface area contributed by atoms with Crippen LogP contribution in [0, 0.1) is 5.92 Å². The second-order valence-electron chi connectivity index (χ2n) is 7.76. The van der Waals surface area contributed by atoms with E-state index < -0.39 is 0 Å². The molecule has 0 aromatic heterocycles. The highest BCUT2D eigenvalue weighted by atomic mass is 16.5. The van der Waals surface area contributed by atoms with Crippen molar-refractivity contribution in [2.24, 2.45) is 5.92 Å². The topological polar surface area (TPSA) is 27.3 Å². The number of quaternary nitrogens is 2. The van der Waals surface area contributed by atoms with Crippen LogP contribution in [0.15, 0.2) is 18.2 Å². The van der Waals surface area contributed by atoms with Gasteiger partial charge >= 0.3 is 0 Å². The Bertz CT molecular complexity index is 496. The van der Waals surface area contributed by atoms with Crippen molar-refractivity contribution in [2.75, 3.05) is 40.4 Å².